The minimum Gasteiger partial charge on any atom is -0.397 e. The van der Waals surface area contributed by atoms with Gasteiger partial charge in [-0.2, -0.15) is 0 Å². The van der Waals surface area contributed by atoms with Crippen molar-refractivity contribution < 1.29 is 9.90 Å². The molecule has 19 heavy (non-hydrogen) atoms. The van der Waals surface area contributed by atoms with Crippen LogP contribution in [0.4, 0.5) is 5.69 Å². The third kappa shape index (κ3) is 4.87. The van der Waals surface area contributed by atoms with Gasteiger partial charge >= 0.3 is 0 Å². The summed E-state index contributed by atoms with van der Waals surface area (Å²) in [5.74, 6) is -0.205. The fourth-order valence-corrected chi connectivity index (χ4v) is 1.91. The van der Waals surface area contributed by atoms with Crippen molar-refractivity contribution in [2.45, 2.75) is 32.6 Å². The Bertz CT molecular complexity index is 396. The van der Waals surface area contributed by atoms with Crippen LogP contribution < -0.4 is 5.73 Å². The van der Waals surface area contributed by atoms with Gasteiger partial charge in [0.25, 0.3) is 5.91 Å². The molecule has 0 atom stereocenters. The lowest BCUT2D eigenvalue weighted by Gasteiger charge is -2.21. The second-order valence-electron chi connectivity index (χ2n) is 4.52. The number of nitrogen functional groups attached to an aromatic ring is 1. The Morgan fingerprint density at radius 3 is 2.79 bits per heavy atom. The molecule has 0 aliphatic rings. The first-order valence-corrected chi connectivity index (χ1v) is 6.81. The van der Waals surface area contributed by atoms with Crippen molar-refractivity contribution in [2.24, 2.45) is 0 Å². The minimum absolute atomic E-state index is 0.0493. The van der Waals surface area contributed by atoms with Crippen LogP contribution in [-0.4, -0.2) is 40.6 Å². The molecule has 0 unspecified atom stereocenters. The Hall–Kier alpha value is -1.62. The van der Waals surface area contributed by atoms with Crippen LogP contribution in [0.5, 0.6) is 0 Å². The Morgan fingerprint density at radius 2 is 2.16 bits per heavy atom. The number of pyridine rings is 1. The average Bonchev–Trinajstić information content (AvgIpc) is 2.42. The van der Waals surface area contributed by atoms with Crippen LogP contribution in [0.15, 0.2) is 18.3 Å². The van der Waals surface area contributed by atoms with Gasteiger partial charge in [-0.3, -0.25) is 4.79 Å². The number of hydrogen-bond acceptors (Lipinski definition) is 4. The van der Waals surface area contributed by atoms with Crippen molar-refractivity contribution in [3.63, 3.8) is 0 Å². The van der Waals surface area contributed by atoms with Crippen LogP contribution >= 0.6 is 0 Å². The van der Waals surface area contributed by atoms with E-state index >= 15 is 0 Å². The number of amides is 1. The molecule has 0 saturated heterocycles. The number of carbonyl (C=O) groups is 1. The third-order valence-electron chi connectivity index (χ3n) is 2.98. The predicted octanol–water partition coefficient (Wildman–Crippen LogP) is 1.68. The number of aliphatic hydroxyl groups is 1. The van der Waals surface area contributed by atoms with E-state index in [1.165, 1.54) is 0 Å². The standard InChI is InChI=1S/C14H23N3O2/c1-2-3-4-5-9-17(10-11-18)14(19)13-12(15)7-6-8-16-13/h6-8,18H,2-5,9-11,15H2,1H3. The zero-order chi connectivity index (χ0) is 14.1. The molecular formula is C14H23N3O2. The minimum atomic E-state index is -0.205. The van der Waals surface area contributed by atoms with Crippen LogP contribution in [-0.2, 0) is 0 Å². The van der Waals surface area contributed by atoms with Crippen molar-refractivity contribution in [2.75, 3.05) is 25.4 Å². The predicted molar refractivity (Wildman–Crippen MR) is 75.8 cm³/mol. The van der Waals surface area contributed by atoms with E-state index in [2.05, 4.69) is 11.9 Å². The lowest BCUT2D eigenvalue weighted by molar-refractivity contribution is 0.0713. The summed E-state index contributed by atoms with van der Waals surface area (Å²) in [5, 5.41) is 9.06. The SMILES string of the molecule is CCCCCCN(CCO)C(=O)c1ncccc1N. The molecule has 0 aromatic carbocycles. The highest BCUT2D eigenvalue weighted by Crippen LogP contribution is 2.11. The first-order valence-electron chi connectivity index (χ1n) is 6.81. The first kappa shape index (κ1) is 15.4. The van der Waals surface area contributed by atoms with Gasteiger partial charge in [-0.25, -0.2) is 4.98 Å². The Labute approximate surface area is 114 Å². The van der Waals surface area contributed by atoms with E-state index in [9.17, 15) is 4.79 Å². The number of rotatable bonds is 8. The second-order valence-corrected chi connectivity index (χ2v) is 4.52. The number of nitrogens with zero attached hydrogens (tertiary/aromatic N) is 2. The molecule has 5 heteroatoms. The maximum Gasteiger partial charge on any atom is 0.274 e. The van der Waals surface area contributed by atoms with E-state index < -0.39 is 0 Å². The molecule has 3 N–H and O–H groups in total. The fraction of sp³-hybridized carbons (Fsp3) is 0.571. The molecule has 0 radical (unpaired) electrons. The number of carbonyl (C=O) groups excluding carboxylic acids is 1. The monoisotopic (exact) mass is 265 g/mol. The van der Waals surface area contributed by atoms with Gasteiger partial charge in [0.2, 0.25) is 0 Å². The molecule has 1 rings (SSSR count). The number of aromatic nitrogens is 1. The number of aliphatic hydroxyl groups excluding tert-OH is 1. The molecule has 5 nitrogen and oxygen atoms in total. The normalized spacial score (nSPS) is 10.4. The summed E-state index contributed by atoms with van der Waals surface area (Å²) in [7, 11) is 0. The van der Waals surface area contributed by atoms with Crippen molar-refractivity contribution >= 4 is 11.6 Å². The summed E-state index contributed by atoms with van der Waals surface area (Å²) >= 11 is 0. The van der Waals surface area contributed by atoms with Gasteiger partial charge in [-0.05, 0) is 18.6 Å². The lowest BCUT2D eigenvalue weighted by Crippen LogP contribution is -2.35. The highest BCUT2D eigenvalue weighted by atomic mass is 16.3. The molecule has 0 bridgehead atoms. The zero-order valence-corrected chi connectivity index (χ0v) is 11.5. The molecule has 0 fully saturated rings. The highest BCUT2D eigenvalue weighted by Gasteiger charge is 2.18. The van der Waals surface area contributed by atoms with Gasteiger partial charge in [-0.1, -0.05) is 26.2 Å². The van der Waals surface area contributed by atoms with Crippen molar-refractivity contribution in [1.82, 2.24) is 9.88 Å². The summed E-state index contributed by atoms with van der Waals surface area (Å²) < 4.78 is 0. The van der Waals surface area contributed by atoms with Crippen LogP contribution in [0.2, 0.25) is 0 Å². The van der Waals surface area contributed by atoms with Gasteiger partial charge in [0.05, 0.1) is 12.3 Å². The van der Waals surface area contributed by atoms with Gasteiger partial charge in [0, 0.05) is 19.3 Å². The third-order valence-corrected chi connectivity index (χ3v) is 2.98. The molecule has 1 amide bonds. The van der Waals surface area contributed by atoms with Gasteiger partial charge < -0.3 is 15.7 Å². The maximum absolute atomic E-state index is 12.3. The van der Waals surface area contributed by atoms with Crippen LogP contribution in [0.1, 0.15) is 43.1 Å². The van der Waals surface area contributed by atoms with Crippen LogP contribution in [0.25, 0.3) is 0 Å². The number of anilines is 1. The Kier molecular flexibility index (Phi) is 6.89. The van der Waals surface area contributed by atoms with E-state index in [-0.39, 0.29) is 18.2 Å². The fourth-order valence-electron chi connectivity index (χ4n) is 1.91. The summed E-state index contributed by atoms with van der Waals surface area (Å²) in [6.07, 6.45) is 5.89. The van der Waals surface area contributed by atoms with Crippen molar-refractivity contribution in [3.8, 4) is 0 Å². The van der Waals surface area contributed by atoms with Gasteiger partial charge in [0.1, 0.15) is 0 Å². The second kappa shape index (κ2) is 8.48. The quantitative estimate of drug-likeness (QED) is 0.701. The van der Waals surface area contributed by atoms with Gasteiger partial charge in [0.15, 0.2) is 5.69 Å². The number of unbranched alkanes of at least 4 members (excludes halogenated alkanes) is 3. The Balaban J connectivity index is 2.64. The molecule has 1 aromatic heterocycles. The van der Waals surface area contributed by atoms with Crippen molar-refractivity contribution in [1.29, 1.82) is 0 Å². The number of hydrogen-bond donors (Lipinski definition) is 2. The molecule has 1 heterocycles. The maximum atomic E-state index is 12.3. The summed E-state index contributed by atoms with van der Waals surface area (Å²) in [4.78, 5) is 17.9. The van der Waals surface area contributed by atoms with Gasteiger partial charge in [-0.15, -0.1) is 0 Å². The van der Waals surface area contributed by atoms with E-state index in [1.54, 1.807) is 23.2 Å². The molecule has 106 valence electrons. The van der Waals surface area contributed by atoms with E-state index in [0.717, 1.165) is 25.7 Å². The first-order chi connectivity index (χ1) is 9.20. The zero-order valence-electron chi connectivity index (χ0n) is 11.5. The van der Waals surface area contributed by atoms with E-state index in [0.29, 0.717) is 18.8 Å². The van der Waals surface area contributed by atoms with Crippen LogP contribution in [0.3, 0.4) is 0 Å². The van der Waals surface area contributed by atoms with E-state index in [1.807, 2.05) is 0 Å². The Morgan fingerprint density at radius 1 is 1.37 bits per heavy atom. The van der Waals surface area contributed by atoms with E-state index in [4.69, 9.17) is 10.8 Å². The summed E-state index contributed by atoms with van der Waals surface area (Å²) in [5.41, 5.74) is 6.41. The summed E-state index contributed by atoms with van der Waals surface area (Å²) in [6, 6.07) is 3.36. The lowest BCUT2D eigenvalue weighted by atomic mass is 10.2. The molecule has 0 spiro atoms. The number of nitrogens with two attached hydrogens (primary N) is 1. The molecule has 0 aliphatic carbocycles. The average molecular weight is 265 g/mol. The molecule has 0 saturated carbocycles. The summed E-state index contributed by atoms with van der Waals surface area (Å²) in [6.45, 7) is 3.05. The van der Waals surface area contributed by atoms with Crippen molar-refractivity contribution in [3.05, 3.63) is 24.0 Å². The molecule has 1 aromatic rings. The molecule has 0 aliphatic heterocycles. The smallest absolute Gasteiger partial charge is 0.274 e. The topological polar surface area (TPSA) is 79.5 Å². The van der Waals surface area contributed by atoms with Crippen LogP contribution in [0, 0.1) is 0 Å². The largest absolute Gasteiger partial charge is 0.397 e. The molecular weight excluding hydrogens is 242 g/mol. The highest BCUT2D eigenvalue weighted by molar-refractivity contribution is 5.97.